The van der Waals surface area contributed by atoms with Gasteiger partial charge in [-0.15, -0.1) is 0 Å². The molecule has 18 heavy (non-hydrogen) atoms. The van der Waals surface area contributed by atoms with Crippen molar-refractivity contribution in [1.82, 2.24) is 15.2 Å². The van der Waals surface area contributed by atoms with Crippen molar-refractivity contribution in [2.75, 3.05) is 20.1 Å². The highest BCUT2D eigenvalue weighted by atomic mass is 35.5. The van der Waals surface area contributed by atoms with Crippen LogP contribution in [0.2, 0.25) is 5.02 Å². The Balaban J connectivity index is 1.95. The van der Waals surface area contributed by atoms with Crippen LogP contribution in [0.5, 0.6) is 0 Å². The van der Waals surface area contributed by atoms with Crippen molar-refractivity contribution in [2.45, 2.75) is 19.4 Å². The van der Waals surface area contributed by atoms with Crippen LogP contribution in [0, 0.1) is 5.92 Å². The summed E-state index contributed by atoms with van der Waals surface area (Å²) in [5, 5.41) is 3.43. The van der Waals surface area contributed by atoms with Crippen molar-refractivity contribution >= 4 is 17.5 Å². The van der Waals surface area contributed by atoms with Crippen molar-refractivity contribution < 1.29 is 4.79 Å². The minimum Gasteiger partial charge on any atom is -0.359 e. The molecule has 1 aliphatic rings. The molecule has 0 aliphatic carbocycles. The normalized spacial score (nSPS) is 20.7. The fourth-order valence-electron chi connectivity index (χ4n) is 2.38. The van der Waals surface area contributed by atoms with Gasteiger partial charge in [0.05, 0.1) is 11.6 Å². The summed E-state index contributed by atoms with van der Waals surface area (Å²) < 4.78 is 0. The van der Waals surface area contributed by atoms with E-state index in [4.69, 9.17) is 11.6 Å². The van der Waals surface area contributed by atoms with Crippen LogP contribution in [0.3, 0.4) is 0 Å². The van der Waals surface area contributed by atoms with Crippen molar-refractivity contribution in [3.05, 3.63) is 29.0 Å². The first-order valence-electron chi connectivity index (χ1n) is 6.23. The first kappa shape index (κ1) is 13.3. The number of nitrogens with zero attached hydrogens (tertiary/aromatic N) is 2. The Morgan fingerprint density at radius 2 is 2.50 bits per heavy atom. The third kappa shape index (κ3) is 3.43. The minimum atomic E-state index is 0.0999. The summed E-state index contributed by atoms with van der Waals surface area (Å²) in [6.07, 6.45) is 3.75. The molecule has 1 amide bonds. The van der Waals surface area contributed by atoms with Gasteiger partial charge in [-0.25, -0.2) is 0 Å². The number of amides is 1. The number of carbonyl (C=O) groups is 1. The van der Waals surface area contributed by atoms with E-state index in [1.165, 1.54) is 0 Å². The van der Waals surface area contributed by atoms with Crippen LogP contribution in [-0.4, -0.2) is 35.9 Å². The average molecular weight is 268 g/mol. The quantitative estimate of drug-likeness (QED) is 0.907. The first-order chi connectivity index (χ1) is 8.69. The van der Waals surface area contributed by atoms with Crippen LogP contribution in [0.15, 0.2) is 18.3 Å². The number of carbonyl (C=O) groups excluding carboxylic acids is 1. The predicted molar refractivity (Wildman–Crippen MR) is 71.3 cm³/mol. The highest BCUT2D eigenvalue weighted by molar-refractivity contribution is 6.30. The van der Waals surface area contributed by atoms with E-state index in [2.05, 4.69) is 15.2 Å². The number of nitrogens with one attached hydrogen (secondary N) is 1. The Morgan fingerprint density at radius 1 is 1.67 bits per heavy atom. The molecule has 1 fully saturated rings. The molecular weight excluding hydrogens is 250 g/mol. The molecule has 1 unspecified atom stereocenters. The summed E-state index contributed by atoms with van der Waals surface area (Å²) in [5.74, 6) is 0.238. The van der Waals surface area contributed by atoms with E-state index in [-0.39, 0.29) is 11.8 Å². The molecule has 0 spiro atoms. The van der Waals surface area contributed by atoms with Crippen LogP contribution >= 0.6 is 11.6 Å². The predicted octanol–water partition coefficient (Wildman–Crippen LogP) is 1.69. The van der Waals surface area contributed by atoms with Gasteiger partial charge in [0.1, 0.15) is 0 Å². The van der Waals surface area contributed by atoms with Crippen LogP contribution in [0.25, 0.3) is 0 Å². The highest BCUT2D eigenvalue weighted by Crippen LogP contribution is 2.19. The van der Waals surface area contributed by atoms with E-state index in [1.54, 1.807) is 19.3 Å². The van der Waals surface area contributed by atoms with Crippen LogP contribution in [-0.2, 0) is 11.3 Å². The number of halogens is 1. The summed E-state index contributed by atoms with van der Waals surface area (Å²) in [6.45, 7) is 2.57. The molecular formula is C13H18ClN3O. The molecule has 1 aliphatic heterocycles. The third-order valence-electron chi connectivity index (χ3n) is 3.29. The molecule has 0 aromatic carbocycles. The maximum absolute atomic E-state index is 11.6. The van der Waals surface area contributed by atoms with Gasteiger partial charge in [0, 0.05) is 31.4 Å². The summed E-state index contributed by atoms with van der Waals surface area (Å²) in [7, 11) is 1.69. The zero-order chi connectivity index (χ0) is 13.0. The molecule has 1 atom stereocenters. The number of pyridine rings is 1. The van der Waals surface area contributed by atoms with Gasteiger partial charge in [0.2, 0.25) is 5.91 Å². The minimum absolute atomic E-state index is 0.0999. The van der Waals surface area contributed by atoms with Crippen molar-refractivity contribution in [2.24, 2.45) is 5.92 Å². The number of aromatic nitrogens is 1. The van der Waals surface area contributed by atoms with E-state index >= 15 is 0 Å². The topological polar surface area (TPSA) is 45.2 Å². The Hall–Kier alpha value is -1.13. The molecule has 2 rings (SSSR count). The summed E-state index contributed by atoms with van der Waals surface area (Å²) in [5.41, 5.74) is 0.958. The number of rotatable bonds is 3. The van der Waals surface area contributed by atoms with Crippen molar-refractivity contribution in [3.8, 4) is 0 Å². The summed E-state index contributed by atoms with van der Waals surface area (Å²) >= 11 is 5.94. The molecule has 98 valence electrons. The summed E-state index contributed by atoms with van der Waals surface area (Å²) in [4.78, 5) is 18.2. The average Bonchev–Trinajstić information content (AvgIpc) is 2.38. The van der Waals surface area contributed by atoms with E-state index in [0.29, 0.717) is 5.02 Å². The lowest BCUT2D eigenvalue weighted by Gasteiger charge is -2.31. The van der Waals surface area contributed by atoms with Crippen LogP contribution in [0.1, 0.15) is 18.5 Å². The Labute approximate surface area is 112 Å². The Kier molecular flexibility index (Phi) is 4.55. The zero-order valence-corrected chi connectivity index (χ0v) is 11.3. The Bertz CT molecular complexity index is 424. The van der Waals surface area contributed by atoms with Gasteiger partial charge < -0.3 is 5.32 Å². The monoisotopic (exact) mass is 267 g/mol. The molecule has 1 N–H and O–H groups in total. The molecule has 1 aromatic heterocycles. The maximum Gasteiger partial charge on any atom is 0.224 e. The number of piperidine rings is 1. The second kappa shape index (κ2) is 6.16. The molecule has 4 nitrogen and oxygen atoms in total. The zero-order valence-electron chi connectivity index (χ0n) is 10.5. The lowest BCUT2D eigenvalue weighted by molar-refractivity contribution is -0.126. The lowest BCUT2D eigenvalue weighted by atomic mass is 9.97. The first-order valence-corrected chi connectivity index (χ1v) is 6.61. The molecule has 0 saturated carbocycles. The maximum atomic E-state index is 11.6. The molecule has 2 heterocycles. The SMILES string of the molecule is CNC(=O)C1CCCN(Cc2cc(Cl)ccn2)C1. The largest absolute Gasteiger partial charge is 0.359 e. The highest BCUT2D eigenvalue weighted by Gasteiger charge is 2.25. The fraction of sp³-hybridized carbons (Fsp3) is 0.538. The van der Waals surface area contributed by atoms with Gasteiger partial charge in [0.25, 0.3) is 0 Å². The molecule has 0 radical (unpaired) electrons. The van der Waals surface area contributed by atoms with Gasteiger partial charge in [0.15, 0.2) is 0 Å². The second-order valence-corrected chi connectivity index (χ2v) is 5.09. The number of hydrogen-bond acceptors (Lipinski definition) is 3. The standard InChI is InChI=1S/C13H18ClN3O/c1-15-13(18)10-3-2-6-17(8-10)9-12-7-11(14)4-5-16-12/h4-5,7,10H,2-3,6,8-9H2,1H3,(H,15,18). The van der Waals surface area contributed by atoms with Crippen LogP contribution in [0.4, 0.5) is 0 Å². The summed E-state index contributed by atoms with van der Waals surface area (Å²) in [6, 6.07) is 3.65. The van der Waals surface area contributed by atoms with Gasteiger partial charge in [-0.2, -0.15) is 0 Å². The van der Waals surface area contributed by atoms with Gasteiger partial charge in [-0.3, -0.25) is 14.7 Å². The second-order valence-electron chi connectivity index (χ2n) is 4.65. The van der Waals surface area contributed by atoms with E-state index in [0.717, 1.165) is 38.2 Å². The van der Waals surface area contributed by atoms with Crippen molar-refractivity contribution in [3.63, 3.8) is 0 Å². The lowest BCUT2D eigenvalue weighted by Crippen LogP contribution is -2.41. The fourth-order valence-corrected chi connectivity index (χ4v) is 2.56. The molecule has 1 saturated heterocycles. The number of likely N-dealkylation sites (tertiary alicyclic amines) is 1. The smallest absolute Gasteiger partial charge is 0.224 e. The Morgan fingerprint density at radius 3 is 3.22 bits per heavy atom. The molecule has 0 bridgehead atoms. The van der Waals surface area contributed by atoms with Gasteiger partial charge >= 0.3 is 0 Å². The van der Waals surface area contributed by atoms with E-state index < -0.39 is 0 Å². The van der Waals surface area contributed by atoms with Gasteiger partial charge in [-0.05, 0) is 31.5 Å². The van der Waals surface area contributed by atoms with E-state index in [1.807, 2.05) is 6.07 Å². The molecule has 1 aromatic rings. The van der Waals surface area contributed by atoms with Gasteiger partial charge in [-0.1, -0.05) is 11.6 Å². The number of hydrogen-bond donors (Lipinski definition) is 1. The van der Waals surface area contributed by atoms with E-state index in [9.17, 15) is 4.79 Å². The molecule has 5 heteroatoms. The third-order valence-corrected chi connectivity index (χ3v) is 3.52. The van der Waals surface area contributed by atoms with Crippen molar-refractivity contribution in [1.29, 1.82) is 0 Å². The van der Waals surface area contributed by atoms with Crippen LogP contribution < -0.4 is 5.32 Å².